The number of rotatable bonds is 11. The molecular formula is C31H41N5O3. The summed E-state index contributed by atoms with van der Waals surface area (Å²) in [5.41, 5.74) is 6.40. The molecule has 0 aliphatic heterocycles. The van der Waals surface area contributed by atoms with E-state index in [2.05, 4.69) is 54.4 Å². The van der Waals surface area contributed by atoms with E-state index in [0.29, 0.717) is 24.2 Å². The summed E-state index contributed by atoms with van der Waals surface area (Å²) < 4.78 is 5.17. The van der Waals surface area contributed by atoms with E-state index in [9.17, 15) is 9.59 Å². The van der Waals surface area contributed by atoms with Gasteiger partial charge in [0.15, 0.2) is 0 Å². The van der Waals surface area contributed by atoms with Gasteiger partial charge in [0, 0.05) is 37.8 Å². The molecular weight excluding hydrogens is 490 g/mol. The predicted octanol–water partition coefficient (Wildman–Crippen LogP) is 4.65. The molecule has 1 aliphatic carbocycles. The highest BCUT2D eigenvalue weighted by atomic mass is 16.5. The first-order valence-corrected chi connectivity index (χ1v) is 13.9. The van der Waals surface area contributed by atoms with Crippen LogP contribution >= 0.6 is 0 Å². The number of aryl methyl sites for hydroxylation is 3. The summed E-state index contributed by atoms with van der Waals surface area (Å²) >= 11 is 0. The van der Waals surface area contributed by atoms with Crippen molar-refractivity contribution in [2.75, 3.05) is 31.6 Å². The summed E-state index contributed by atoms with van der Waals surface area (Å²) in [5, 5.41) is 7.09. The fraction of sp³-hybridized carbons (Fsp3) is 0.484. The lowest BCUT2D eigenvalue weighted by Crippen LogP contribution is -2.47. The Labute approximate surface area is 231 Å². The quantitative estimate of drug-likeness (QED) is 0.362. The van der Waals surface area contributed by atoms with Crippen LogP contribution in [0.3, 0.4) is 0 Å². The first-order chi connectivity index (χ1) is 18.6. The van der Waals surface area contributed by atoms with Crippen LogP contribution in [0.25, 0.3) is 11.4 Å². The maximum Gasteiger partial charge on any atom is 0.242 e. The third kappa shape index (κ3) is 7.25. The molecule has 2 aromatic carbocycles. The second-order valence-electron chi connectivity index (χ2n) is 11.2. The Morgan fingerprint density at radius 1 is 1.05 bits per heavy atom. The van der Waals surface area contributed by atoms with Gasteiger partial charge in [0.2, 0.25) is 23.5 Å². The number of nitrogens with zero attached hydrogens (tertiary/aromatic N) is 4. The van der Waals surface area contributed by atoms with Gasteiger partial charge in [0.25, 0.3) is 0 Å². The molecule has 2 amide bonds. The van der Waals surface area contributed by atoms with Crippen molar-refractivity contribution >= 4 is 17.5 Å². The lowest BCUT2D eigenvalue weighted by molar-refractivity contribution is -0.130. The summed E-state index contributed by atoms with van der Waals surface area (Å²) in [6.07, 6.45) is 3.68. The van der Waals surface area contributed by atoms with Crippen molar-refractivity contribution in [2.45, 2.75) is 66.3 Å². The van der Waals surface area contributed by atoms with Crippen LogP contribution in [0.5, 0.6) is 0 Å². The zero-order valence-corrected chi connectivity index (χ0v) is 24.1. The average molecular weight is 532 g/mol. The van der Waals surface area contributed by atoms with Crippen LogP contribution in [-0.4, -0.2) is 59.6 Å². The smallest absolute Gasteiger partial charge is 0.242 e. The molecule has 0 radical (unpaired) electrons. The number of fused-ring (bicyclic) bond motifs is 1. The van der Waals surface area contributed by atoms with Crippen LogP contribution in [0.1, 0.15) is 54.8 Å². The maximum atomic E-state index is 13.6. The van der Waals surface area contributed by atoms with Gasteiger partial charge in [-0.15, -0.1) is 0 Å². The molecule has 208 valence electrons. The van der Waals surface area contributed by atoms with Crippen molar-refractivity contribution in [2.24, 2.45) is 5.92 Å². The summed E-state index contributed by atoms with van der Waals surface area (Å²) in [5.74, 6) is 1.44. The van der Waals surface area contributed by atoms with Crippen LogP contribution in [0.4, 0.5) is 5.69 Å². The molecule has 0 saturated carbocycles. The van der Waals surface area contributed by atoms with Gasteiger partial charge in [-0.05, 0) is 68.2 Å². The Kier molecular flexibility index (Phi) is 9.04. The van der Waals surface area contributed by atoms with E-state index in [1.165, 1.54) is 16.7 Å². The van der Waals surface area contributed by atoms with Gasteiger partial charge < -0.3 is 19.6 Å². The van der Waals surface area contributed by atoms with Crippen LogP contribution in [0, 0.1) is 26.7 Å². The molecule has 8 nitrogen and oxygen atoms in total. The van der Waals surface area contributed by atoms with Gasteiger partial charge in [0.05, 0.1) is 13.1 Å². The van der Waals surface area contributed by atoms with Crippen molar-refractivity contribution in [3.8, 4) is 11.4 Å². The fourth-order valence-electron chi connectivity index (χ4n) is 5.18. The molecule has 39 heavy (non-hydrogen) atoms. The number of benzene rings is 2. The Hall–Kier alpha value is -3.68. The van der Waals surface area contributed by atoms with Crippen LogP contribution < -0.4 is 10.2 Å². The second kappa shape index (κ2) is 12.5. The highest BCUT2D eigenvalue weighted by Gasteiger charge is 2.29. The van der Waals surface area contributed by atoms with Crippen molar-refractivity contribution in [1.29, 1.82) is 0 Å². The molecule has 1 aromatic heterocycles. The molecule has 1 unspecified atom stereocenters. The second-order valence-corrected chi connectivity index (χ2v) is 11.2. The van der Waals surface area contributed by atoms with Gasteiger partial charge >= 0.3 is 0 Å². The highest BCUT2D eigenvalue weighted by Crippen LogP contribution is 2.29. The molecule has 0 saturated heterocycles. The van der Waals surface area contributed by atoms with Gasteiger partial charge in [0.1, 0.15) is 0 Å². The number of aromatic nitrogens is 2. The minimum Gasteiger partial charge on any atom is -0.355 e. The standard InChI is InChI=1S/C31H41N5O3/c1-20(2)8-7-13-32-29(37)18-36(28-17-25(12-10-22(28)4)31-33-23(5)39-34-31)19-30(38)35(6)27-15-24-11-9-21(3)14-26(24)16-27/h9-12,14,17,20,27H,7-8,13,15-16,18-19H2,1-6H3,(H,32,37). The van der Waals surface area contributed by atoms with E-state index in [-0.39, 0.29) is 30.9 Å². The molecule has 0 fully saturated rings. The van der Waals surface area contributed by atoms with Crippen molar-refractivity contribution in [3.63, 3.8) is 0 Å². The van der Waals surface area contributed by atoms with Crippen LogP contribution in [-0.2, 0) is 22.4 Å². The lowest BCUT2D eigenvalue weighted by atomic mass is 10.1. The maximum absolute atomic E-state index is 13.6. The Bertz CT molecular complexity index is 1320. The van der Waals surface area contributed by atoms with Crippen LogP contribution in [0.15, 0.2) is 40.9 Å². The largest absolute Gasteiger partial charge is 0.355 e. The number of anilines is 1. The predicted molar refractivity (Wildman–Crippen MR) is 154 cm³/mol. The number of amides is 2. The molecule has 0 bridgehead atoms. The molecule has 0 spiro atoms. The molecule has 1 N–H and O–H groups in total. The number of hydrogen-bond donors (Lipinski definition) is 1. The molecule has 1 heterocycles. The van der Waals surface area contributed by atoms with Crippen molar-refractivity contribution in [3.05, 3.63) is 64.5 Å². The highest BCUT2D eigenvalue weighted by molar-refractivity contribution is 5.87. The molecule has 3 aromatic rings. The zero-order valence-electron chi connectivity index (χ0n) is 24.1. The Balaban J connectivity index is 1.52. The Morgan fingerprint density at radius 3 is 2.54 bits per heavy atom. The van der Waals surface area contributed by atoms with E-state index >= 15 is 0 Å². The number of nitrogens with one attached hydrogen (secondary N) is 1. The molecule has 4 rings (SSSR count). The number of carbonyl (C=O) groups is 2. The third-order valence-corrected chi connectivity index (χ3v) is 7.49. The average Bonchev–Trinajstić information content (AvgIpc) is 3.51. The number of likely N-dealkylation sites (N-methyl/N-ethyl adjacent to an activating group) is 1. The topological polar surface area (TPSA) is 91.6 Å². The first kappa shape index (κ1) is 28.3. The van der Waals surface area contributed by atoms with Gasteiger partial charge in [-0.25, -0.2) is 0 Å². The van der Waals surface area contributed by atoms with E-state index in [0.717, 1.165) is 42.5 Å². The van der Waals surface area contributed by atoms with Gasteiger partial charge in [-0.1, -0.05) is 54.9 Å². The third-order valence-electron chi connectivity index (χ3n) is 7.49. The summed E-state index contributed by atoms with van der Waals surface area (Å²) in [6, 6.07) is 12.5. The van der Waals surface area contributed by atoms with E-state index < -0.39 is 0 Å². The zero-order chi connectivity index (χ0) is 28.1. The van der Waals surface area contributed by atoms with E-state index in [4.69, 9.17) is 4.52 Å². The minimum atomic E-state index is -0.0989. The normalized spacial score (nSPS) is 14.4. The molecule has 1 atom stereocenters. The van der Waals surface area contributed by atoms with Gasteiger partial charge in [-0.2, -0.15) is 4.98 Å². The van der Waals surface area contributed by atoms with Crippen molar-refractivity contribution in [1.82, 2.24) is 20.4 Å². The lowest BCUT2D eigenvalue weighted by Gasteiger charge is -2.30. The molecule has 1 aliphatic rings. The van der Waals surface area contributed by atoms with Crippen molar-refractivity contribution < 1.29 is 14.1 Å². The van der Waals surface area contributed by atoms with E-state index in [1.54, 1.807) is 6.92 Å². The first-order valence-electron chi connectivity index (χ1n) is 13.9. The fourth-order valence-corrected chi connectivity index (χ4v) is 5.18. The van der Waals surface area contributed by atoms with Crippen LogP contribution in [0.2, 0.25) is 0 Å². The summed E-state index contributed by atoms with van der Waals surface area (Å²) in [6.45, 7) is 11.0. The minimum absolute atomic E-state index is 0.0163. The summed E-state index contributed by atoms with van der Waals surface area (Å²) in [7, 11) is 1.88. The number of carbonyl (C=O) groups excluding carboxylic acids is 2. The Morgan fingerprint density at radius 2 is 1.82 bits per heavy atom. The van der Waals surface area contributed by atoms with E-state index in [1.807, 2.05) is 42.0 Å². The number of hydrogen-bond acceptors (Lipinski definition) is 6. The van der Waals surface area contributed by atoms with Gasteiger partial charge in [-0.3, -0.25) is 9.59 Å². The summed E-state index contributed by atoms with van der Waals surface area (Å²) in [4.78, 5) is 34.7. The monoisotopic (exact) mass is 531 g/mol. The molecule has 8 heteroatoms. The SMILES string of the molecule is Cc1ccc2c(c1)CC(N(C)C(=O)CN(CC(=O)NCCCC(C)C)c1cc(-c3noc(C)n3)ccc1C)C2.